The number of halogens is 3. The Morgan fingerprint density at radius 1 is 1.40 bits per heavy atom. The summed E-state index contributed by atoms with van der Waals surface area (Å²) in [7, 11) is 1.77. The lowest BCUT2D eigenvalue weighted by Gasteiger charge is -2.20. The summed E-state index contributed by atoms with van der Waals surface area (Å²) in [5.74, 6) is 0. The van der Waals surface area contributed by atoms with Gasteiger partial charge in [0.1, 0.15) is 0 Å². The van der Waals surface area contributed by atoms with E-state index in [1.54, 1.807) is 24.1 Å². The van der Waals surface area contributed by atoms with Crippen LogP contribution in [0.15, 0.2) is 31.0 Å². The average molecular weight is 284 g/mol. The summed E-state index contributed by atoms with van der Waals surface area (Å²) in [6, 6.07) is 0.356. The molecule has 108 valence electrons. The zero-order valence-corrected chi connectivity index (χ0v) is 11.1. The first kappa shape index (κ1) is 14.5. The molecule has 2 rings (SSSR count). The van der Waals surface area contributed by atoms with Gasteiger partial charge in [-0.1, -0.05) is 6.92 Å². The lowest BCUT2D eigenvalue weighted by molar-refractivity contribution is -0.138. The predicted octanol–water partition coefficient (Wildman–Crippen LogP) is 2.53. The molecular weight excluding hydrogens is 269 g/mol. The maximum Gasteiger partial charge on any atom is 0.416 e. The van der Waals surface area contributed by atoms with Crippen molar-refractivity contribution in [1.82, 2.24) is 19.9 Å². The summed E-state index contributed by atoms with van der Waals surface area (Å²) in [5.41, 5.74) is -0.0718. The van der Waals surface area contributed by atoms with Crippen LogP contribution >= 0.6 is 0 Å². The van der Waals surface area contributed by atoms with Gasteiger partial charge >= 0.3 is 6.18 Å². The molecule has 0 aliphatic rings. The van der Waals surface area contributed by atoms with Crippen LogP contribution in [0.2, 0.25) is 0 Å². The van der Waals surface area contributed by atoms with E-state index in [1.807, 2.05) is 6.92 Å². The summed E-state index contributed by atoms with van der Waals surface area (Å²) in [5, 5.41) is 3.03. The maximum atomic E-state index is 13.1. The highest BCUT2D eigenvalue weighted by molar-refractivity contribution is 5.34. The minimum atomic E-state index is -4.42. The molecule has 4 nitrogen and oxygen atoms in total. The van der Waals surface area contributed by atoms with Gasteiger partial charge in [0.15, 0.2) is 0 Å². The van der Waals surface area contributed by atoms with Gasteiger partial charge in [0, 0.05) is 31.2 Å². The van der Waals surface area contributed by atoms with E-state index in [1.165, 1.54) is 6.20 Å². The summed E-state index contributed by atoms with van der Waals surface area (Å²) < 4.78 is 41.0. The quantitative estimate of drug-likeness (QED) is 0.938. The summed E-state index contributed by atoms with van der Waals surface area (Å²) in [6.45, 7) is 2.35. The number of imidazole rings is 1. The molecule has 2 heterocycles. The predicted molar refractivity (Wildman–Crippen MR) is 68.0 cm³/mol. The molecule has 0 aliphatic heterocycles. The van der Waals surface area contributed by atoms with E-state index in [0.717, 1.165) is 12.3 Å². The number of pyridine rings is 1. The SMILES string of the molecule is CCNC(c1cn(C)cn1)c1cnccc1C(F)(F)F. The van der Waals surface area contributed by atoms with Crippen LogP contribution in [0.1, 0.15) is 29.8 Å². The Labute approximate surface area is 114 Å². The molecule has 1 unspecified atom stereocenters. The Morgan fingerprint density at radius 3 is 2.70 bits per heavy atom. The third-order valence-electron chi connectivity index (χ3n) is 2.90. The van der Waals surface area contributed by atoms with Crippen LogP contribution in [0.25, 0.3) is 0 Å². The van der Waals surface area contributed by atoms with Crippen molar-refractivity contribution in [3.63, 3.8) is 0 Å². The first-order valence-electron chi connectivity index (χ1n) is 6.15. The van der Waals surface area contributed by atoms with E-state index in [4.69, 9.17) is 0 Å². The van der Waals surface area contributed by atoms with Gasteiger partial charge in [0.2, 0.25) is 0 Å². The van der Waals surface area contributed by atoms with Gasteiger partial charge < -0.3 is 9.88 Å². The van der Waals surface area contributed by atoms with E-state index in [9.17, 15) is 13.2 Å². The minimum absolute atomic E-state index is 0.0838. The van der Waals surface area contributed by atoms with E-state index in [-0.39, 0.29) is 5.56 Å². The maximum absolute atomic E-state index is 13.1. The second-order valence-corrected chi connectivity index (χ2v) is 4.42. The van der Waals surface area contributed by atoms with Crippen LogP contribution in [0.4, 0.5) is 13.2 Å². The summed E-state index contributed by atoms with van der Waals surface area (Å²) in [6.07, 6.45) is 1.23. The molecule has 0 amide bonds. The fourth-order valence-corrected chi connectivity index (χ4v) is 2.05. The summed E-state index contributed by atoms with van der Waals surface area (Å²) >= 11 is 0. The lowest BCUT2D eigenvalue weighted by Crippen LogP contribution is -2.25. The molecule has 0 fully saturated rings. The third-order valence-corrected chi connectivity index (χ3v) is 2.90. The number of alkyl halides is 3. The van der Waals surface area contributed by atoms with E-state index >= 15 is 0 Å². The normalized spacial score (nSPS) is 13.4. The van der Waals surface area contributed by atoms with Crippen LogP contribution in [0.5, 0.6) is 0 Å². The van der Waals surface area contributed by atoms with Crippen molar-refractivity contribution in [2.24, 2.45) is 7.05 Å². The smallest absolute Gasteiger partial charge is 0.340 e. The number of aryl methyl sites for hydroxylation is 1. The first-order valence-corrected chi connectivity index (χ1v) is 6.15. The molecule has 1 N–H and O–H groups in total. The fraction of sp³-hybridized carbons (Fsp3) is 0.385. The second-order valence-electron chi connectivity index (χ2n) is 4.42. The van der Waals surface area contributed by atoms with Gasteiger partial charge in [-0.25, -0.2) is 4.98 Å². The van der Waals surface area contributed by atoms with Crippen LogP contribution in [0, 0.1) is 0 Å². The molecule has 0 bridgehead atoms. The Bertz CT molecular complexity index is 577. The molecule has 0 aliphatic carbocycles. The van der Waals surface area contributed by atoms with Crippen molar-refractivity contribution in [3.05, 3.63) is 47.8 Å². The Morgan fingerprint density at radius 2 is 2.15 bits per heavy atom. The fourth-order valence-electron chi connectivity index (χ4n) is 2.05. The van der Waals surface area contributed by atoms with Gasteiger partial charge in [0.05, 0.1) is 23.6 Å². The van der Waals surface area contributed by atoms with Crippen molar-refractivity contribution in [3.8, 4) is 0 Å². The molecule has 0 radical (unpaired) electrons. The van der Waals surface area contributed by atoms with Crippen LogP contribution in [-0.4, -0.2) is 21.1 Å². The monoisotopic (exact) mass is 284 g/mol. The Balaban J connectivity index is 2.50. The molecule has 2 aromatic heterocycles. The number of nitrogens with one attached hydrogen (secondary N) is 1. The molecule has 20 heavy (non-hydrogen) atoms. The molecule has 0 saturated heterocycles. The third kappa shape index (κ3) is 2.98. The van der Waals surface area contributed by atoms with Crippen LogP contribution < -0.4 is 5.32 Å². The molecule has 1 atom stereocenters. The zero-order chi connectivity index (χ0) is 14.8. The summed E-state index contributed by atoms with van der Waals surface area (Å²) in [4.78, 5) is 7.96. The van der Waals surface area contributed by atoms with Gasteiger partial charge in [-0.15, -0.1) is 0 Å². The second kappa shape index (κ2) is 5.62. The number of hydrogen-bond acceptors (Lipinski definition) is 3. The molecule has 0 aromatic carbocycles. The van der Waals surface area contributed by atoms with E-state index in [0.29, 0.717) is 12.2 Å². The highest BCUT2D eigenvalue weighted by Gasteiger charge is 2.35. The van der Waals surface area contributed by atoms with Crippen molar-refractivity contribution in [2.45, 2.75) is 19.1 Å². The molecule has 0 saturated carbocycles. The first-order chi connectivity index (χ1) is 9.43. The standard InChI is InChI=1S/C13H15F3N4/c1-3-18-12(11-7-20(2)8-19-11)9-6-17-5-4-10(9)13(14,15)16/h4-8,12,18H,3H2,1-2H3. The van der Waals surface area contributed by atoms with Gasteiger partial charge in [-0.3, -0.25) is 4.98 Å². The molecular formula is C13H15F3N4. The van der Waals surface area contributed by atoms with E-state index in [2.05, 4.69) is 15.3 Å². The number of rotatable bonds is 4. The Hall–Kier alpha value is -1.89. The van der Waals surface area contributed by atoms with Crippen molar-refractivity contribution < 1.29 is 13.2 Å². The van der Waals surface area contributed by atoms with Crippen molar-refractivity contribution >= 4 is 0 Å². The van der Waals surface area contributed by atoms with Gasteiger partial charge in [-0.2, -0.15) is 13.2 Å². The highest BCUT2D eigenvalue weighted by Crippen LogP contribution is 2.35. The Kier molecular flexibility index (Phi) is 4.08. The number of nitrogens with zero attached hydrogens (tertiary/aromatic N) is 3. The van der Waals surface area contributed by atoms with Crippen LogP contribution in [0.3, 0.4) is 0 Å². The molecule has 0 spiro atoms. The highest BCUT2D eigenvalue weighted by atomic mass is 19.4. The number of hydrogen-bond donors (Lipinski definition) is 1. The average Bonchev–Trinajstić information content (AvgIpc) is 2.81. The van der Waals surface area contributed by atoms with Crippen molar-refractivity contribution in [2.75, 3.05) is 6.54 Å². The molecule has 7 heteroatoms. The topological polar surface area (TPSA) is 42.7 Å². The van der Waals surface area contributed by atoms with Crippen LogP contribution in [-0.2, 0) is 13.2 Å². The lowest BCUT2D eigenvalue weighted by atomic mass is 10.00. The zero-order valence-electron chi connectivity index (χ0n) is 11.1. The van der Waals surface area contributed by atoms with Crippen molar-refractivity contribution in [1.29, 1.82) is 0 Å². The van der Waals surface area contributed by atoms with Gasteiger partial charge in [-0.05, 0) is 12.6 Å². The largest absolute Gasteiger partial charge is 0.416 e. The number of aromatic nitrogens is 3. The van der Waals surface area contributed by atoms with Gasteiger partial charge in [0.25, 0.3) is 0 Å². The molecule has 2 aromatic rings. The minimum Gasteiger partial charge on any atom is -0.340 e. The van der Waals surface area contributed by atoms with E-state index < -0.39 is 17.8 Å².